The van der Waals surface area contributed by atoms with E-state index in [4.69, 9.17) is 0 Å². The number of methoxy groups -OCH3 is 2. The Balaban J connectivity index is 0. The Morgan fingerprint density at radius 3 is 1.19 bits per heavy atom. The number of esters is 2. The van der Waals surface area contributed by atoms with Gasteiger partial charge in [0.15, 0.2) is 0 Å². The molecular formula is C16H16O4V-2. The van der Waals surface area contributed by atoms with Crippen LogP contribution in [0.25, 0.3) is 0 Å². The zero-order valence-electron chi connectivity index (χ0n) is 11.9. The molecule has 0 heterocycles. The standard InChI is InChI=1S/C6H6O4.2C5H5.V/c1-9-5(7)3-4-6(8)10-2;2*1-2-4-5-3-1;/h1-2H3;2*1-5H;/q;2*-1;. The summed E-state index contributed by atoms with van der Waals surface area (Å²) >= 11 is 0. The molecule has 0 aliphatic heterocycles. The number of ether oxygens (including phenoxy) is 2. The van der Waals surface area contributed by atoms with Crippen LogP contribution in [0.3, 0.4) is 0 Å². The molecular weight excluding hydrogens is 307 g/mol. The van der Waals surface area contributed by atoms with E-state index in [1.807, 2.05) is 72.5 Å². The van der Waals surface area contributed by atoms with E-state index in [0.29, 0.717) is 0 Å². The van der Waals surface area contributed by atoms with Crippen molar-refractivity contribution in [3.63, 3.8) is 0 Å². The fourth-order valence-electron chi connectivity index (χ4n) is 0.846. The molecule has 5 heteroatoms. The van der Waals surface area contributed by atoms with E-state index in [1.165, 1.54) is 14.2 Å². The predicted molar refractivity (Wildman–Crippen MR) is 75.9 cm³/mol. The van der Waals surface area contributed by atoms with Crippen LogP contribution in [-0.4, -0.2) is 26.2 Å². The maximum Gasteiger partial charge on any atom is 0.384 e. The summed E-state index contributed by atoms with van der Waals surface area (Å²) in [5.74, 6) is 2.28. The van der Waals surface area contributed by atoms with Crippen molar-refractivity contribution in [2.45, 2.75) is 0 Å². The Labute approximate surface area is 136 Å². The van der Waals surface area contributed by atoms with Gasteiger partial charge in [-0.2, -0.15) is 36.4 Å². The predicted octanol–water partition coefficient (Wildman–Crippen LogP) is 2.14. The summed E-state index contributed by atoms with van der Waals surface area (Å²) < 4.78 is 8.25. The SMILES string of the molecule is COC(=O)C#CC(=O)OC.[V].c1cc[cH-]c1.c1cc[cH-]c1. The van der Waals surface area contributed by atoms with Crippen molar-refractivity contribution >= 4 is 11.9 Å². The monoisotopic (exact) mass is 323 g/mol. The van der Waals surface area contributed by atoms with Gasteiger partial charge in [0.2, 0.25) is 0 Å². The first-order chi connectivity index (χ1) is 9.70. The van der Waals surface area contributed by atoms with Crippen molar-refractivity contribution in [1.82, 2.24) is 0 Å². The fraction of sp³-hybridized carbons (Fsp3) is 0.125. The average molecular weight is 323 g/mol. The summed E-state index contributed by atoms with van der Waals surface area (Å²) in [6.45, 7) is 0. The number of hydrogen-bond acceptors (Lipinski definition) is 4. The molecule has 111 valence electrons. The molecule has 0 aliphatic carbocycles. The van der Waals surface area contributed by atoms with Crippen LogP contribution >= 0.6 is 0 Å². The average Bonchev–Trinajstić information content (AvgIpc) is 3.21. The van der Waals surface area contributed by atoms with E-state index in [1.54, 1.807) is 0 Å². The smallest absolute Gasteiger partial charge is 0.384 e. The number of carbonyl (C=O) groups excluding carboxylic acids is 2. The van der Waals surface area contributed by atoms with Crippen molar-refractivity contribution in [3.05, 3.63) is 60.7 Å². The normalized spacial score (nSPS) is 7.14. The summed E-state index contributed by atoms with van der Waals surface area (Å²) in [7, 11) is 2.35. The number of hydrogen-bond donors (Lipinski definition) is 0. The Hall–Kier alpha value is -2.22. The molecule has 0 saturated carbocycles. The minimum Gasteiger partial charge on any atom is -0.459 e. The first-order valence-corrected chi connectivity index (χ1v) is 5.72. The minimum atomic E-state index is -0.759. The van der Waals surface area contributed by atoms with Gasteiger partial charge < -0.3 is 9.47 Å². The molecule has 2 aromatic rings. The summed E-state index contributed by atoms with van der Waals surface area (Å²) in [4.78, 5) is 20.5. The van der Waals surface area contributed by atoms with Crippen molar-refractivity contribution in [2.24, 2.45) is 0 Å². The topological polar surface area (TPSA) is 52.6 Å². The second kappa shape index (κ2) is 15.8. The minimum absolute atomic E-state index is 0. The molecule has 21 heavy (non-hydrogen) atoms. The van der Waals surface area contributed by atoms with E-state index < -0.39 is 11.9 Å². The van der Waals surface area contributed by atoms with Crippen LogP contribution in [0.1, 0.15) is 0 Å². The van der Waals surface area contributed by atoms with Crippen LogP contribution in [-0.2, 0) is 37.6 Å². The fourth-order valence-corrected chi connectivity index (χ4v) is 0.846. The van der Waals surface area contributed by atoms with Gasteiger partial charge >= 0.3 is 11.9 Å². The van der Waals surface area contributed by atoms with E-state index in [9.17, 15) is 9.59 Å². The molecule has 1 radical (unpaired) electrons. The van der Waals surface area contributed by atoms with Gasteiger partial charge in [0.05, 0.1) is 14.2 Å². The van der Waals surface area contributed by atoms with E-state index in [-0.39, 0.29) is 18.6 Å². The van der Waals surface area contributed by atoms with E-state index >= 15 is 0 Å². The first-order valence-electron chi connectivity index (χ1n) is 5.72. The van der Waals surface area contributed by atoms with Crippen molar-refractivity contribution in [1.29, 1.82) is 0 Å². The summed E-state index contributed by atoms with van der Waals surface area (Å²) in [5, 5.41) is 0. The van der Waals surface area contributed by atoms with Crippen LogP contribution in [0.4, 0.5) is 0 Å². The molecule has 0 spiro atoms. The number of rotatable bonds is 0. The van der Waals surface area contributed by atoms with Crippen LogP contribution in [0, 0.1) is 11.8 Å². The third-order valence-electron chi connectivity index (χ3n) is 1.75. The molecule has 0 unspecified atom stereocenters. The van der Waals surface area contributed by atoms with E-state index in [2.05, 4.69) is 9.47 Å². The van der Waals surface area contributed by atoms with Gasteiger partial charge in [-0.3, -0.25) is 0 Å². The van der Waals surface area contributed by atoms with Crippen molar-refractivity contribution in [3.8, 4) is 11.8 Å². The van der Waals surface area contributed by atoms with Gasteiger partial charge in [0, 0.05) is 30.4 Å². The maximum atomic E-state index is 10.2. The van der Waals surface area contributed by atoms with Gasteiger partial charge in [-0.1, -0.05) is 0 Å². The van der Waals surface area contributed by atoms with Crippen molar-refractivity contribution in [2.75, 3.05) is 14.2 Å². The van der Waals surface area contributed by atoms with Crippen LogP contribution in [0.15, 0.2) is 60.7 Å². The molecule has 0 amide bonds. The molecule has 0 saturated heterocycles. The first kappa shape index (κ1) is 21.1. The quantitative estimate of drug-likeness (QED) is 0.323. The molecule has 0 N–H and O–H groups in total. The van der Waals surface area contributed by atoms with Gasteiger partial charge in [-0.25, -0.2) is 33.9 Å². The summed E-state index contributed by atoms with van der Waals surface area (Å²) in [6, 6.07) is 20.0. The van der Waals surface area contributed by atoms with Crippen LogP contribution < -0.4 is 0 Å². The Morgan fingerprint density at radius 2 is 1.05 bits per heavy atom. The third-order valence-corrected chi connectivity index (χ3v) is 1.75. The zero-order valence-corrected chi connectivity index (χ0v) is 13.3. The van der Waals surface area contributed by atoms with Crippen LogP contribution in [0.5, 0.6) is 0 Å². The zero-order chi connectivity index (χ0) is 15.1. The molecule has 0 fully saturated rings. The third kappa shape index (κ3) is 15.7. The Bertz CT molecular complexity index is 424. The van der Waals surface area contributed by atoms with Crippen molar-refractivity contribution < 1.29 is 37.6 Å². The van der Waals surface area contributed by atoms with Crippen LogP contribution in [0.2, 0.25) is 0 Å². The second-order valence-electron chi connectivity index (χ2n) is 3.16. The Kier molecular flexibility index (Phi) is 15.9. The van der Waals surface area contributed by atoms with Gasteiger partial charge in [-0.05, 0) is 0 Å². The largest absolute Gasteiger partial charge is 0.459 e. The summed E-state index contributed by atoms with van der Waals surface area (Å²) in [5.41, 5.74) is 0. The number of carbonyl (C=O) groups is 2. The maximum absolute atomic E-state index is 10.2. The Morgan fingerprint density at radius 1 is 0.762 bits per heavy atom. The molecule has 0 aromatic heterocycles. The molecule has 4 nitrogen and oxygen atoms in total. The summed E-state index contributed by atoms with van der Waals surface area (Å²) in [6.07, 6.45) is 0. The van der Waals surface area contributed by atoms with Gasteiger partial charge in [0.25, 0.3) is 0 Å². The van der Waals surface area contributed by atoms with Gasteiger partial charge in [0.1, 0.15) is 0 Å². The molecule has 0 aliphatic rings. The molecule has 2 rings (SSSR count). The molecule has 0 bridgehead atoms. The molecule has 2 aromatic carbocycles. The van der Waals surface area contributed by atoms with Gasteiger partial charge in [-0.15, -0.1) is 0 Å². The second-order valence-corrected chi connectivity index (χ2v) is 3.16. The molecule has 0 atom stereocenters. The van der Waals surface area contributed by atoms with E-state index in [0.717, 1.165) is 0 Å².